The lowest BCUT2D eigenvalue weighted by Gasteiger charge is -2.10. The lowest BCUT2D eigenvalue weighted by atomic mass is 10.1. The molecule has 34 heavy (non-hydrogen) atoms. The van der Waals surface area contributed by atoms with E-state index in [9.17, 15) is 28.6 Å². The van der Waals surface area contributed by atoms with Crippen LogP contribution in [0, 0.1) is 27.2 Å². The van der Waals surface area contributed by atoms with E-state index < -0.39 is 37.3 Å². The number of ether oxygens (including phenoxy) is 2. The molecule has 17 heteroatoms. The third-order valence-corrected chi connectivity index (χ3v) is 4.69. The maximum absolute atomic E-state index is 11.2. The van der Waals surface area contributed by atoms with E-state index in [1.54, 1.807) is 12.1 Å². The number of nitro groups is 2. The summed E-state index contributed by atoms with van der Waals surface area (Å²) in [5, 5.41) is 37.3. The molecule has 0 radical (unpaired) electrons. The van der Waals surface area contributed by atoms with E-state index in [0.717, 1.165) is 17.8 Å². The summed E-state index contributed by atoms with van der Waals surface area (Å²) in [7, 11) is -1.62. The largest absolute Gasteiger partial charge is 0.493 e. The molecule has 184 valence electrons. The number of nitro benzene ring substituents is 2. The molecular formula is C17H20N6O10S. The minimum absolute atomic E-state index is 0.0666. The highest BCUT2D eigenvalue weighted by Gasteiger charge is 2.34. The van der Waals surface area contributed by atoms with Gasteiger partial charge >= 0.3 is 11.4 Å². The Morgan fingerprint density at radius 1 is 1.15 bits per heavy atom. The summed E-state index contributed by atoms with van der Waals surface area (Å²) >= 11 is 0. The van der Waals surface area contributed by atoms with Gasteiger partial charge in [-0.05, 0) is 19.1 Å². The van der Waals surface area contributed by atoms with Crippen LogP contribution in [0.4, 0.5) is 11.4 Å². The number of nitrogens with zero attached hydrogens (tertiary/aromatic N) is 4. The molecule has 0 aliphatic heterocycles. The summed E-state index contributed by atoms with van der Waals surface area (Å²) in [6, 6.07) is 6.85. The summed E-state index contributed by atoms with van der Waals surface area (Å²) in [6.45, 7) is 1.84. The van der Waals surface area contributed by atoms with Gasteiger partial charge in [0, 0.05) is 0 Å². The molecular weight excluding hydrogens is 480 g/mol. The summed E-state index contributed by atoms with van der Waals surface area (Å²) in [5.41, 5.74) is 5.54. The standard InChI is InChI=1S/C10H12N6O7.C7H8O3S/c1-22-7-3-6(15(18)19)8(16(20)21)5(9(7)23-2)4-12-13-10(11)14-17;1-6-2-4-7(5-3-6)11(8,9)10/h3-4,17H,1-2H3,(H3,11,13,14);2-5H,1H3,(H,8,9,10). The fourth-order valence-electron chi connectivity index (χ4n) is 2.33. The summed E-state index contributed by atoms with van der Waals surface area (Å²) in [5.74, 6) is -0.761. The first-order valence-electron chi connectivity index (χ1n) is 8.75. The quantitative estimate of drug-likeness (QED) is 0.138. The van der Waals surface area contributed by atoms with Crippen LogP contribution < -0.4 is 20.7 Å². The summed E-state index contributed by atoms with van der Waals surface area (Å²) in [4.78, 5) is 20.3. The third kappa shape index (κ3) is 7.36. The van der Waals surface area contributed by atoms with Crippen LogP contribution in [0.25, 0.3) is 0 Å². The first-order chi connectivity index (χ1) is 15.9. The molecule has 0 aliphatic rings. The molecule has 16 nitrogen and oxygen atoms in total. The first-order valence-corrected chi connectivity index (χ1v) is 10.2. The van der Waals surface area contributed by atoms with Crippen LogP contribution >= 0.6 is 0 Å². The van der Waals surface area contributed by atoms with Gasteiger partial charge in [-0.3, -0.25) is 30.0 Å². The number of nitrogens with one attached hydrogen (secondary N) is 1. The van der Waals surface area contributed by atoms with Gasteiger partial charge in [0.05, 0.1) is 41.2 Å². The summed E-state index contributed by atoms with van der Waals surface area (Å²) < 4.78 is 39.5. The number of hydroxylamine groups is 1. The van der Waals surface area contributed by atoms with Crippen molar-refractivity contribution in [2.45, 2.75) is 11.8 Å². The lowest BCUT2D eigenvalue weighted by Crippen LogP contribution is -2.27. The van der Waals surface area contributed by atoms with Crippen LogP contribution in [0.2, 0.25) is 0 Å². The zero-order valence-corrected chi connectivity index (χ0v) is 18.7. The van der Waals surface area contributed by atoms with Gasteiger partial charge in [-0.2, -0.15) is 13.5 Å². The molecule has 0 atom stereocenters. The number of hydrogen-bond acceptors (Lipinski definition) is 11. The molecule has 0 aliphatic carbocycles. The van der Waals surface area contributed by atoms with Crippen LogP contribution in [-0.2, 0) is 10.1 Å². The second-order valence-corrected chi connectivity index (χ2v) is 7.46. The Balaban J connectivity index is 0.000000437. The molecule has 0 spiro atoms. The summed E-state index contributed by atoms with van der Waals surface area (Å²) in [6.07, 6.45) is 0.816. The van der Waals surface area contributed by atoms with Crippen LogP contribution in [0.3, 0.4) is 0 Å². The minimum atomic E-state index is -4.02. The Labute approximate surface area is 192 Å². The molecule has 0 aromatic heterocycles. The lowest BCUT2D eigenvalue weighted by molar-refractivity contribution is -0.422. The smallest absolute Gasteiger partial charge is 0.358 e. The Morgan fingerprint density at radius 2 is 1.74 bits per heavy atom. The Bertz CT molecular complexity index is 1210. The molecule has 0 saturated heterocycles. The molecule has 5 N–H and O–H groups in total. The Hall–Kier alpha value is -4.35. The number of methoxy groups -OCH3 is 2. The molecule has 2 aromatic rings. The minimum Gasteiger partial charge on any atom is -0.493 e. The number of aryl methyl sites for hydroxylation is 1. The van der Waals surface area contributed by atoms with Gasteiger partial charge in [0.15, 0.2) is 11.5 Å². The van der Waals surface area contributed by atoms with Crippen LogP contribution in [0.15, 0.2) is 45.4 Å². The normalized spacial score (nSPS) is 11.4. The molecule has 0 amide bonds. The van der Waals surface area contributed by atoms with Crippen LogP contribution in [0.5, 0.6) is 11.5 Å². The van der Waals surface area contributed by atoms with Gasteiger partial charge in [-0.1, -0.05) is 17.7 Å². The van der Waals surface area contributed by atoms with Gasteiger partial charge in [-0.25, -0.2) is 5.48 Å². The van der Waals surface area contributed by atoms with E-state index in [4.69, 9.17) is 25.0 Å². The molecule has 0 saturated carbocycles. The Kier molecular flexibility index (Phi) is 9.80. The van der Waals surface area contributed by atoms with Crippen molar-refractivity contribution in [2.24, 2.45) is 15.9 Å². The molecule has 0 fully saturated rings. The highest BCUT2D eigenvalue weighted by atomic mass is 32.2. The average Bonchev–Trinajstić information content (AvgIpc) is 2.77. The van der Waals surface area contributed by atoms with Crippen molar-refractivity contribution in [3.05, 3.63) is 61.7 Å². The number of benzene rings is 2. The highest BCUT2D eigenvalue weighted by Crippen LogP contribution is 2.42. The number of hydrogen-bond donors (Lipinski definition) is 4. The molecule has 2 rings (SSSR count). The van der Waals surface area contributed by atoms with Gasteiger partial charge < -0.3 is 15.2 Å². The fourth-order valence-corrected chi connectivity index (χ4v) is 2.81. The Morgan fingerprint density at radius 3 is 2.15 bits per heavy atom. The first kappa shape index (κ1) is 27.7. The molecule has 2 aromatic carbocycles. The molecule has 0 unspecified atom stereocenters. The molecule has 0 bridgehead atoms. The van der Waals surface area contributed by atoms with E-state index in [0.29, 0.717) is 0 Å². The predicted octanol–water partition coefficient (Wildman–Crippen LogP) is 1.39. The van der Waals surface area contributed by atoms with Crippen LogP contribution in [0.1, 0.15) is 11.1 Å². The third-order valence-electron chi connectivity index (χ3n) is 3.82. The van der Waals surface area contributed by atoms with Crippen LogP contribution in [-0.4, -0.2) is 54.4 Å². The van der Waals surface area contributed by atoms with Crippen molar-refractivity contribution < 1.29 is 37.5 Å². The fraction of sp³-hybridized carbons (Fsp3) is 0.176. The molecule has 0 heterocycles. The van der Waals surface area contributed by atoms with E-state index in [-0.39, 0.29) is 22.0 Å². The zero-order chi connectivity index (χ0) is 26.1. The van der Waals surface area contributed by atoms with Gasteiger partial charge in [0.1, 0.15) is 5.56 Å². The maximum Gasteiger partial charge on any atom is 0.358 e. The SMILES string of the molecule is COc1cc([N+](=O)[O-])c([N+](=O)[O-])c(C=NN=C(N)NO)c1OC.Cc1ccc(S(=O)(=O)O)cc1. The van der Waals surface area contributed by atoms with Crippen molar-refractivity contribution >= 4 is 33.7 Å². The monoisotopic (exact) mass is 500 g/mol. The predicted molar refractivity (Wildman–Crippen MR) is 118 cm³/mol. The van der Waals surface area contributed by atoms with E-state index in [1.807, 2.05) is 6.92 Å². The van der Waals surface area contributed by atoms with Crippen molar-refractivity contribution in [3.8, 4) is 11.5 Å². The van der Waals surface area contributed by atoms with Gasteiger partial charge in [0.2, 0.25) is 5.96 Å². The van der Waals surface area contributed by atoms with Gasteiger partial charge in [0.25, 0.3) is 10.1 Å². The average molecular weight is 500 g/mol. The number of guanidine groups is 1. The van der Waals surface area contributed by atoms with Crippen molar-refractivity contribution in [2.75, 3.05) is 14.2 Å². The number of rotatable bonds is 7. The van der Waals surface area contributed by atoms with E-state index in [2.05, 4.69) is 10.2 Å². The second kappa shape index (κ2) is 12.0. The van der Waals surface area contributed by atoms with Crippen molar-refractivity contribution in [3.63, 3.8) is 0 Å². The van der Waals surface area contributed by atoms with Crippen molar-refractivity contribution in [1.82, 2.24) is 5.48 Å². The van der Waals surface area contributed by atoms with E-state index >= 15 is 0 Å². The topological polar surface area (TPSA) is 242 Å². The van der Waals surface area contributed by atoms with Gasteiger partial charge in [-0.15, -0.1) is 5.10 Å². The zero-order valence-electron chi connectivity index (χ0n) is 17.9. The highest BCUT2D eigenvalue weighted by molar-refractivity contribution is 7.85. The van der Waals surface area contributed by atoms with E-state index in [1.165, 1.54) is 31.8 Å². The number of nitrogens with two attached hydrogens (primary N) is 1. The second-order valence-electron chi connectivity index (χ2n) is 6.04. The van der Waals surface area contributed by atoms with Crippen molar-refractivity contribution in [1.29, 1.82) is 0 Å². The maximum atomic E-state index is 11.2.